The molecule has 3 rings (SSSR count). The number of hydrogen-bond donors (Lipinski definition) is 1. The van der Waals surface area contributed by atoms with Crippen LogP contribution in [0.4, 0.5) is 10.1 Å². The van der Waals surface area contributed by atoms with E-state index >= 15 is 0 Å². The van der Waals surface area contributed by atoms with Crippen LogP contribution in [0.3, 0.4) is 0 Å². The second kappa shape index (κ2) is 5.42. The largest absolute Gasteiger partial charge is 0.398 e. The standard InChI is InChI=1S/C12H12FN3OS2/c13-7-1-2-8(9(14)5-7)12-15-11(16-17-12)10-6-18-3-4-19-10/h1-2,5,10H,3-4,6,14H2. The molecule has 2 N–H and O–H groups in total. The first-order valence-electron chi connectivity index (χ1n) is 5.82. The van der Waals surface area contributed by atoms with Crippen LogP contribution in [-0.2, 0) is 0 Å². The molecule has 19 heavy (non-hydrogen) atoms. The number of nitrogen functional groups attached to an aromatic ring is 1. The summed E-state index contributed by atoms with van der Waals surface area (Å²) < 4.78 is 18.2. The first-order valence-corrected chi connectivity index (χ1v) is 8.03. The highest BCUT2D eigenvalue weighted by atomic mass is 32.2. The molecule has 1 aromatic carbocycles. The van der Waals surface area contributed by atoms with Gasteiger partial charge in [-0.25, -0.2) is 4.39 Å². The Bertz CT molecular complexity index is 584. The number of anilines is 1. The third-order valence-corrected chi connectivity index (χ3v) is 5.54. The van der Waals surface area contributed by atoms with Crippen molar-refractivity contribution in [3.8, 4) is 11.5 Å². The summed E-state index contributed by atoms with van der Waals surface area (Å²) in [4.78, 5) is 4.38. The quantitative estimate of drug-likeness (QED) is 0.860. The van der Waals surface area contributed by atoms with E-state index in [4.69, 9.17) is 10.3 Å². The van der Waals surface area contributed by atoms with Gasteiger partial charge in [0.25, 0.3) is 5.89 Å². The van der Waals surface area contributed by atoms with Gasteiger partial charge in [-0.2, -0.15) is 16.7 Å². The van der Waals surface area contributed by atoms with Crippen molar-refractivity contribution < 1.29 is 8.91 Å². The molecule has 100 valence electrons. The van der Waals surface area contributed by atoms with Crippen LogP contribution in [0.1, 0.15) is 11.1 Å². The molecule has 4 nitrogen and oxygen atoms in total. The summed E-state index contributed by atoms with van der Waals surface area (Å²) >= 11 is 3.73. The van der Waals surface area contributed by atoms with E-state index in [1.807, 2.05) is 23.5 Å². The Morgan fingerprint density at radius 1 is 1.37 bits per heavy atom. The number of benzene rings is 1. The molecule has 0 spiro atoms. The Kier molecular flexibility index (Phi) is 3.65. The summed E-state index contributed by atoms with van der Waals surface area (Å²) in [6.07, 6.45) is 0. The predicted octanol–water partition coefficient (Wildman–Crippen LogP) is 2.98. The fraction of sp³-hybridized carbons (Fsp3) is 0.333. The molecule has 1 aliphatic heterocycles. The monoisotopic (exact) mass is 297 g/mol. The highest BCUT2D eigenvalue weighted by Crippen LogP contribution is 2.36. The summed E-state index contributed by atoms with van der Waals surface area (Å²) in [6, 6.07) is 4.15. The van der Waals surface area contributed by atoms with Gasteiger partial charge in [0.15, 0.2) is 5.82 Å². The number of hydrogen-bond acceptors (Lipinski definition) is 6. The van der Waals surface area contributed by atoms with E-state index in [9.17, 15) is 4.39 Å². The molecule has 1 saturated heterocycles. The number of nitrogens with two attached hydrogens (primary N) is 1. The lowest BCUT2D eigenvalue weighted by Crippen LogP contribution is -2.07. The number of nitrogens with zero attached hydrogens (tertiary/aromatic N) is 2. The van der Waals surface area contributed by atoms with Crippen molar-refractivity contribution in [1.29, 1.82) is 0 Å². The van der Waals surface area contributed by atoms with Crippen molar-refractivity contribution in [3.63, 3.8) is 0 Å². The molecule has 0 radical (unpaired) electrons. The smallest absolute Gasteiger partial charge is 0.260 e. The van der Waals surface area contributed by atoms with Gasteiger partial charge in [-0.15, -0.1) is 11.8 Å². The van der Waals surface area contributed by atoms with Gasteiger partial charge >= 0.3 is 0 Å². The maximum Gasteiger partial charge on any atom is 0.260 e. The fourth-order valence-corrected chi connectivity index (χ4v) is 4.43. The molecular formula is C12H12FN3OS2. The number of thioether (sulfide) groups is 2. The van der Waals surface area contributed by atoms with Crippen molar-refractivity contribution >= 4 is 29.2 Å². The Morgan fingerprint density at radius 2 is 2.26 bits per heavy atom. The summed E-state index contributed by atoms with van der Waals surface area (Å²) in [5.74, 6) is 3.91. The van der Waals surface area contributed by atoms with Crippen LogP contribution in [0, 0.1) is 5.82 Å². The van der Waals surface area contributed by atoms with Crippen molar-refractivity contribution in [2.24, 2.45) is 0 Å². The number of rotatable bonds is 2. The van der Waals surface area contributed by atoms with E-state index < -0.39 is 0 Å². The zero-order valence-corrected chi connectivity index (χ0v) is 11.6. The Morgan fingerprint density at radius 3 is 3.00 bits per heavy atom. The van der Waals surface area contributed by atoms with Crippen molar-refractivity contribution in [3.05, 3.63) is 29.8 Å². The first-order chi connectivity index (χ1) is 9.24. The molecule has 1 unspecified atom stereocenters. The summed E-state index contributed by atoms with van der Waals surface area (Å²) in [5, 5.41) is 4.27. The summed E-state index contributed by atoms with van der Waals surface area (Å²) in [7, 11) is 0. The van der Waals surface area contributed by atoms with Gasteiger partial charge in [-0.05, 0) is 18.2 Å². The lowest BCUT2D eigenvalue weighted by Gasteiger charge is -2.16. The molecule has 2 aromatic rings. The van der Waals surface area contributed by atoms with Gasteiger partial charge in [-0.3, -0.25) is 0 Å². The maximum atomic E-state index is 13.0. The third-order valence-electron chi connectivity index (χ3n) is 2.79. The Balaban J connectivity index is 1.87. The molecule has 0 bridgehead atoms. The summed E-state index contributed by atoms with van der Waals surface area (Å²) in [6.45, 7) is 0. The molecular weight excluding hydrogens is 285 g/mol. The number of aromatic nitrogens is 2. The second-order valence-electron chi connectivity index (χ2n) is 4.12. The van der Waals surface area contributed by atoms with E-state index in [1.165, 1.54) is 12.1 Å². The van der Waals surface area contributed by atoms with Gasteiger partial charge < -0.3 is 10.3 Å². The minimum absolute atomic E-state index is 0.262. The first kappa shape index (κ1) is 12.8. The highest BCUT2D eigenvalue weighted by Gasteiger charge is 2.22. The van der Waals surface area contributed by atoms with Crippen LogP contribution < -0.4 is 5.73 Å². The molecule has 1 fully saturated rings. The van der Waals surface area contributed by atoms with Gasteiger partial charge in [0, 0.05) is 22.9 Å². The van der Waals surface area contributed by atoms with E-state index in [0.717, 1.165) is 17.3 Å². The van der Waals surface area contributed by atoms with Gasteiger partial charge in [0.1, 0.15) is 5.82 Å². The molecule has 7 heteroatoms. The maximum absolute atomic E-state index is 13.0. The van der Waals surface area contributed by atoms with Crippen molar-refractivity contribution in [2.75, 3.05) is 23.0 Å². The topological polar surface area (TPSA) is 64.9 Å². The van der Waals surface area contributed by atoms with E-state index in [0.29, 0.717) is 23.0 Å². The average Bonchev–Trinajstić information content (AvgIpc) is 2.89. The second-order valence-corrected chi connectivity index (χ2v) is 6.58. The molecule has 1 atom stereocenters. The normalized spacial score (nSPS) is 19.5. The van der Waals surface area contributed by atoms with Gasteiger partial charge in [0.05, 0.1) is 10.8 Å². The summed E-state index contributed by atoms with van der Waals surface area (Å²) in [5.41, 5.74) is 6.65. The van der Waals surface area contributed by atoms with Gasteiger partial charge in [-0.1, -0.05) is 5.16 Å². The zero-order valence-electron chi connectivity index (χ0n) is 10.0. The van der Waals surface area contributed by atoms with Crippen LogP contribution >= 0.6 is 23.5 Å². The average molecular weight is 297 g/mol. The van der Waals surface area contributed by atoms with Crippen LogP contribution in [0.25, 0.3) is 11.5 Å². The van der Waals surface area contributed by atoms with Gasteiger partial charge in [0.2, 0.25) is 0 Å². The minimum atomic E-state index is -0.375. The molecule has 1 aromatic heterocycles. The molecule has 0 aliphatic carbocycles. The van der Waals surface area contributed by atoms with Crippen LogP contribution in [0.5, 0.6) is 0 Å². The Labute approximate surface area is 118 Å². The molecule has 2 heterocycles. The van der Waals surface area contributed by atoms with Crippen molar-refractivity contribution in [1.82, 2.24) is 10.1 Å². The lowest BCUT2D eigenvalue weighted by atomic mass is 10.2. The molecule has 1 aliphatic rings. The lowest BCUT2D eigenvalue weighted by molar-refractivity contribution is 0.423. The van der Waals surface area contributed by atoms with E-state index in [-0.39, 0.29) is 11.1 Å². The number of halogens is 1. The zero-order chi connectivity index (χ0) is 13.2. The molecule has 0 amide bonds. The minimum Gasteiger partial charge on any atom is -0.398 e. The highest BCUT2D eigenvalue weighted by molar-refractivity contribution is 8.06. The Hall–Kier alpha value is -1.21. The SMILES string of the molecule is Nc1cc(F)ccc1-c1nc(C2CSCCS2)no1. The molecule has 0 saturated carbocycles. The van der Waals surface area contributed by atoms with Crippen LogP contribution in [-0.4, -0.2) is 27.4 Å². The van der Waals surface area contributed by atoms with Crippen LogP contribution in [0.2, 0.25) is 0 Å². The van der Waals surface area contributed by atoms with Crippen molar-refractivity contribution in [2.45, 2.75) is 5.25 Å². The third kappa shape index (κ3) is 2.71. The van der Waals surface area contributed by atoms with Crippen LogP contribution in [0.15, 0.2) is 22.7 Å². The predicted molar refractivity (Wildman–Crippen MR) is 76.6 cm³/mol. The van der Waals surface area contributed by atoms with E-state index in [1.54, 1.807) is 6.07 Å². The van der Waals surface area contributed by atoms with E-state index in [2.05, 4.69) is 10.1 Å². The fourth-order valence-electron chi connectivity index (χ4n) is 1.84.